The smallest absolute Gasteiger partial charge is 0.232 e. The topological polar surface area (TPSA) is 72.5 Å². The Hall–Kier alpha value is -1.08. The van der Waals surface area contributed by atoms with Gasteiger partial charge in [0.15, 0.2) is 0 Å². The third-order valence-corrected chi connectivity index (χ3v) is 3.89. The lowest BCUT2D eigenvalue weighted by atomic mass is 10.3. The number of benzene rings is 1. The highest BCUT2D eigenvalue weighted by atomic mass is 32.2. The average Bonchev–Trinajstić information content (AvgIpc) is 2.25. The third kappa shape index (κ3) is 5.50. The lowest BCUT2D eigenvalue weighted by molar-refractivity contribution is 0.568. The number of nitrogens with one attached hydrogen (secondary N) is 1. The number of unbranched alkanes of at least 4 members (excludes halogenated alkanes) is 1. The van der Waals surface area contributed by atoms with E-state index in [9.17, 15) is 12.6 Å². The zero-order valence-corrected chi connectivity index (χ0v) is 12.0. The maximum atomic E-state index is 11.7. The van der Waals surface area contributed by atoms with Crippen LogP contribution in [0.5, 0.6) is 5.75 Å². The Morgan fingerprint density at radius 1 is 1.39 bits per heavy atom. The molecule has 102 valence electrons. The fraction of sp³-hybridized carbons (Fsp3) is 0.455. The molecule has 0 aliphatic heterocycles. The Bertz CT molecular complexity index is 514. The van der Waals surface area contributed by atoms with Crippen LogP contribution in [0.15, 0.2) is 24.3 Å². The fourth-order valence-corrected chi connectivity index (χ4v) is 2.94. The van der Waals surface area contributed by atoms with Crippen molar-refractivity contribution in [1.82, 2.24) is 0 Å². The molecular formula is C11H17NO4S2. The van der Waals surface area contributed by atoms with Gasteiger partial charge in [0, 0.05) is 12.3 Å². The molecule has 1 aromatic carbocycles. The molecule has 0 aliphatic rings. The molecule has 0 fully saturated rings. The molecule has 1 N–H and O–H groups in total. The molecule has 0 heterocycles. The van der Waals surface area contributed by atoms with Crippen molar-refractivity contribution in [3.05, 3.63) is 24.3 Å². The summed E-state index contributed by atoms with van der Waals surface area (Å²) in [7, 11) is -3.32. The molecule has 0 aromatic heterocycles. The summed E-state index contributed by atoms with van der Waals surface area (Å²) in [5.74, 6) is 0.459. The van der Waals surface area contributed by atoms with Crippen LogP contribution >= 0.6 is 0 Å². The van der Waals surface area contributed by atoms with E-state index in [1.165, 1.54) is 12.3 Å². The summed E-state index contributed by atoms with van der Waals surface area (Å²) in [6.07, 6.45) is 2.83. The monoisotopic (exact) mass is 291 g/mol. The Morgan fingerprint density at radius 2 is 2.11 bits per heavy atom. The largest absolute Gasteiger partial charge is 0.401 e. The second-order valence-electron chi connectivity index (χ2n) is 3.79. The summed E-state index contributed by atoms with van der Waals surface area (Å²) in [5, 5.41) is 0. The minimum absolute atomic E-state index is 0.0916. The van der Waals surface area contributed by atoms with E-state index in [1.807, 2.05) is 6.92 Å². The first-order valence-electron chi connectivity index (χ1n) is 5.55. The van der Waals surface area contributed by atoms with Crippen LogP contribution in [0.2, 0.25) is 0 Å². The molecule has 1 rings (SSSR count). The van der Waals surface area contributed by atoms with Crippen molar-refractivity contribution in [3.8, 4) is 5.75 Å². The highest BCUT2D eigenvalue weighted by molar-refractivity contribution is 7.92. The fourth-order valence-electron chi connectivity index (χ4n) is 1.31. The van der Waals surface area contributed by atoms with Gasteiger partial charge in [0.25, 0.3) is 0 Å². The van der Waals surface area contributed by atoms with E-state index in [1.54, 1.807) is 18.2 Å². The molecule has 1 unspecified atom stereocenters. The van der Waals surface area contributed by atoms with E-state index >= 15 is 0 Å². The highest BCUT2D eigenvalue weighted by Gasteiger charge is 2.10. The number of hydrogen-bond donors (Lipinski definition) is 1. The van der Waals surface area contributed by atoms with Crippen LogP contribution in [0.25, 0.3) is 0 Å². The zero-order chi connectivity index (χ0) is 13.6. The van der Waals surface area contributed by atoms with Gasteiger partial charge in [-0.1, -0.05) is 19.4 Å². The molecule has 1 aromatic rings. The van der Waals surface area contributed by atoms with Gasteiger partial charge in [-0.25, -0.2) is 12.6 Å². The standard InChI is InChI=1S/C11H17NO4S2/c1-3-4-8-18(14,15)12-10-6-5-7-11(9-10)16-17(2)13/h5-7,9,12H,3-4,8H2,1-2H3. The second kappa shape index (κ2) is 6.75. The molecule has 0 saturated carbocycles. The van der Waals surface area contributed by atoms with Gasteiger partial charge in [-0.05, 0) is 18.6 Å². The highest BCUT2D eigenvalue weighted by Crippen LogP contribution is 2.19. The lowest BCUT2D eigenvalue weighted by Gasteiger charge is -2.08. The molecule has 0 spiro atoms. The van der Waals surface area contributed by atoms with E-state index < -0.39 is 21.1 Å². The lowest BCUT2D eigenvalue weighted by Crippen LogP contribution is -2.16. The van der Waals surface area contributed by atoms with Crippen molar-refractivity contribution in [1.29, 1.82) is 0 Å². The van der Waals surface area contributed by atoms with Crippen LogP contribution in [0.4, 0.5) is 5.69 Å². The van der Waals surface area contributed by atoms with Crippen molar-refractivity contribution in [2.24, 2.45) is 0 Å². The molecular weight excluding hydrogens is 274 g/mol. The molecule has 18 heavy (non-hydrogen) atoms. The van der Waals surface area contributed by atoms with Gasteiger partial charge in [0.1, 0.15) is 5.75 Å². The first-order chi connectivity index (χ1) is 8.43. The summed E-state index contributed by atoms with van der Waals surface area (Å²) >= 11 is -1.43. The Kier molecular flexibility index (Phi) is 5.61. The van der Waals surface area contributed by atoms with Crippen molar-refractivity contribution in [2.45, 2.75) is 19.8 Å². The van der Waals surface area contributed by atoms with Gasteiger partial charge < -0.3 is 4.18 Å². The molecule has 5 nitrogen and oxygen atoms in total. The molecule has 0 bridgehead atoms. The predicted octanol–water partition coefficient (Wildman–Crippen LogP) is 1.90. The molecule has 0 saturated heterocycles. The van der Waals surface area contributed by atoms with E-state index in [4.69, 9.17) is 4.18 Å². The van der Waals surface area contributed by atoms with Crippen molar-refractivity contribution in [2.75, 3.05) is 16.7 Å². The van der Waals surface area contributed by atoms with Gasteiger partial charge in [-0.3, -0.25) is 4.72 Å². The van der Waals surface area contributed by atoms with Crippen molar-refractivity contribution >= 4 is 26.8 Å². The predicted molar refractivity (Wildman–Crippen MR) is 73.5 cm³/mol. The first-order valence-corrected chi connectivity index (χ1v) is 8.69. The van der Waals surface area contributed by atoms with E-state index in [2.05, 4.69) is 4.72 Å². The SMILES string of the molecule is CCCCS(=O)(=O)Nc1cccc(OS(C)=O)c1. The minimum Gasteiger partial charge on any atom is -0.401 e. The van der Waals surface area contributed by atoms with Gasteiger partial charge >= 0.3 is 0 Å². The Labute approximate surface area is 110 Å². The van der Waals surface area contributed by atoms with Crippen LogP contribution in [0, 0.1) is 0 Å². The van der Waals surface area contributed by atoms with Crippen LogP contribution in [-0.4, -0.2) is 24.6 Å². The van der Waals surface area contributed by atoms with Crippen molar-refractivity contribution < 1.29 is 16.8 Å². The van der Waals surface area contributed by atoms with Crippen LogP contribution in [-0.2, 0) is 21.1 Å². The van der Waals surface area contributed by atoms with Crippen LogP contribution in [0.3, 0.4) is 0 Å². The quantitative estimate of drug-likeness (QED) is 0.833. The van der Waals surface area contributed by atoms with Gasteiger partial charge in [-0.15, -0.1) is 0 Å². The average molecular weight is 291 g/mol. The number of rotatable bonds is 7. The van der Waals surface area contributed by atoms with Crippen LogP contribution < -0.4 is 8.91 Å². The van der Waals surface area contributed by atoms with E-state index in [0.29, 0.717) is 17.9 Å². The molecule has 0 radical (unpaired) electrons. The van der Waals surface area contributed by atoms with Crippen LogP contribution in [0.1, 0.15) is 19.8 Å². The van der Waals surface area contributed by atoms with Gasteiger partial charge in [-0.2, -0.15) is 0 Å². The van der Waals surface area contributed by atoms with E-state index in [-0.39, 0.29) is 5.75 Å². The molecule has 0 amide bonds. The molecule has 1 atom stereocenters. The summed E-state index contributed by atoms with van der Waals surface area (Å²) in [6, 6.07) is 6.38. The summed E-state index contributed by atoms with van der Waals surface area (Å²) < 4.78 is 41.7. The maximum absolute atomic E-state index is 11.7. The first kappa shape index (κ1) is 15.0. The second-order valence-corrected chi connectivity index (χ2v) is 6.60. The maximum Gasteiger partial charge on any atom is 0.232 e. The van der Waals surface area contributed by atoms with Gasteiger partial charge in [0.2, 0.25) is 21.1 Å². The third-order valence-electron chi connectivity index (χ3n) is 2.09. The van der Waals surface area contributed by atoms with Crippen molar-refractivity contribution in [3.63, 3.8) is 0 Å². The summed E-state index contributed by atoms with van der Waals surface area (Å²) in [4.78, 5) is 0. The number of sulfonamides is 1. The Morgan fingerprint density at radius 3 is 2.72 bits per heavy atom. The van der Waals surface area contributed by atoms with E-state index in [0.717, 1.165) is 6.42 Å². The molecule has 0 aliphatic carbocycles. The van der Waals surface area contributed by atoms with Gasteiger partial charge in [0.05, 0.1) is 11.4 Å². The zero-order valence-electron chi connectivity index (χ0n) is 10.4. The number of hydrogen-bond acceptors (Lipinski definition) is 4. The number of anilines is 1. The minimum atomic E-state index is -3.32. The Balaban J connectivity index is 2.75. The molecule has 7 heteroatoms. The summed E-state index contributed by atoms with van der Waals surface area (Å²) in [6.45, 7) is 1.93. The summed E-state index contributed by atoms with van der Waals surface area (Å²) in [5.41, 5.74) is 0.411. The normalized spacial score (nSPS) is 13.0.